The molecule has 1 spiro atoms. The number of benzene rings is 1. The third-order valence-electron chi connectivity index (χ3n) is 3.99. The summed E-state index contributed by atoms with van der Waals surface area (Å²) in [5.41, 5.74) is 0.771. The minimum absolute atomic E-state index is 0.104. The Morgan fingerprint density at radius 1 is 1.35 bits per heavy atom. The second kappa shape index (κ2) is 6.10. The second-order valence-electron chi connectivity index (χ2n) is 5.43. The second-order valence-corrected chi connectivity index (χ2v) is 6.10. The number of hydrogen-bond acceptors (Lipinski definition) is 3. The van der Waals surface area contributed by atoms with E-state index in [1.54, 1.807) is 0 Å². The Bertz CT molecular complexity index is 472. The van der Waals surface area contributed by atoms with Crippen LogP contribution in [0.15, 0.2) is 18.2 Å². The van der Waals surface area contributed by atoms with Crippen molar-refractivity contribution in [2.75, 3.05) is 19.8 Å². The van der Waals surface area contributed by atoms with E-state index in [9.17, 15) is 0 Å². The Hall–Kier alpha value is -0.480. The molecular formula is C15H18Cl2O3. The van der Waals surface area contributed by atoms with Gasteiger partial charge in [-0.15, -0.1) is 11.6 Å². The largest absolute Gasteiger partial charge is 0.488 e. The molecule has 5 heteroatoms. The van der Waals surface area contributed by atoms with Gasteiger partial charge >= 0.3 is 0 Å². The molecule has 0 N–H and O–H groups in total. The van der Waals surface area contributed by atoms with Crippen molar-refractivity contribution in [2.45, 2.75) is 36.8 Å². The molecule has 0 radical (unpaired) electrons. The van der Waals surface area contributed by atoms with E-state index in [2.05, 4.69) is 0 Å². The highest BCUT2D eigenvalue weighted by Gasteiger charge is 2.42. The molecule has 3 nitrogen and oxygen atoms in total. The molecule has 2 aliphatic heterocycles. The van der Waals surface area contributed by atoms with Gasteiger partial charge in [0.25, 0.3) is 0 Å². The van der Waals surface area contributed by atoms with Crippen molar-refractivity contribution >= 4 is 23.2 Å². The molecule has 0 aromatic heterocycles. The number of hydrogen-bond donors (Lipinski definition) is 0. The van der Waals surface area contributed by atoms with Crippen LogP contribution >= 0.6 is 23.2 Å². The quantitative estimate of drug-likeness (QED) is 0.794. The van der Waals surface area contributed by atoms with Crippen LogP contribution in [0.25, 0.3) is 0 Å². The maximum Gasteiger partial charge on any atom is 0.142 e. The lowest BCUT2D eigenvalue weighted by Crippen LogP contribution is -2.44. The van der Waals surface area contributed by atoms with Crippen molar-refractivity contribution in [1.29, 1.82) is 0 Å². The number of rotatable bonds is 3. The third kappa shape index (κ3) is 2.91. The Morgan fingerprint density at radius 3 is 3.00 bits per heavy atom. The summed E-state index contributed by atoms with van der Waals surface area (Å²) < 4.78 is 17.5. The Kier molecular flexibility index (Phi) is 4.41. The zero-order valence-electron chi connectivity index (χ0n) is 11.2. The van der Waals surface area contributed by atoms with Crippen LogP contribution in [-0.2, 0) is 15.4 Å². The molecule has 0 bridgehead atoms. The van der Waals surface area contributed by atoms with Gasteiger partial charge in [-0.3, -0.25) is 0 Å². The minimum Gasteiger partial charge on any atom is -0.488 e. The summed E-state index contributed by atoms with van der Waals surface area (Å²) >= 11 is 12.2. The van der Waals surface area contributed by atoms with Crippen molar-refractivity contribution in [3.05, 3.63) is 28.8 Å². The van der Waals surface area contributed by atoms with Crippen LogP contribution < -0.4 is 4.74 Å². The summed E-state index contributed by atoms with van der Waals surface area (Å²) in [6.07, 6.45) is 2.76. The summed E-state index contributed by atoms with van der Waals surface area (Å²) in [6, 6.07) is 5.67. The van der Waals surface area contributed by atoms with Gasteiger partial charge in [0.2, 0.25) is 0 Å². The standard InChI is InChI=1S/C15H18Cl2O3/c16-9-11-2-1-3-13(17)14(11)20-12-4-6-19-15(8-12)5-7-18-10-15/h1-3,12H,4-10H2. The van der Waals surface area contributed by atoms with Gasteiger partial charge in [0.15, 0.2) is 0 Å². The first-order chi connectivity index (χ1) is 9.72. The van der Waals surface area contributed by atoms with E-state index in [0.717, 1.165) is 31.4 Å². The van der Waals surface area contributed by atoms with Crippen LogP contribution in [0.1, 0.15) is 24.8 Å². The van der Waals surface area contributed by atoms with Crippen LogP contribution in [-0.4, -0.2) is 31.5 Å². The van der Waals surface area contributed by atoms with E-state index in [-0.39, 0.29) is 11.7 Å². The van der Waals surface area contributed by atoms with E-state index < -0.39 is 0 Å². The van der Waals surface area contributed by atoms with E-state index >= 15 is 0 Å². The number of halogens is 2. The fourth-order valence-electron chi connectivity index (χ4n) is 2.90. The van der Waals surface area contributed by atoms with Crippen LogP contribution in [0.4, 0.5) is 0 Å². The monoisotopic (exact) mass is 316 g/mol. The molecule has 2 unspecified atom stereocenters. The lowest BCUT2D eigenvalue weighted by Gasteiger charge is -2.37. The Morgan fingerprint density at radius 2 is 2.25 bits per heavy atom. The Balaban J connectivity index is 1.74. The summed E-state index contributed by atoms with van der Waals surface area (Å²) in [6.45, 7) is 2.14. The highest BCUT2D eigenvalue weighted by Crippen LogP contribution is 2.37. The van der Waals surface area contributed by atoms with E-state index in [1.807, 2.05) is 18.2 Å². The van der Waals surface area contributed by atoms with Gasteiger partial charge in [0.05, 0.1) is 29.7 Å². The van der Waals surface area contributed by atoms with Gasteiger partial charge in [0.1, 0.15) is 11.9 Å². The van der Waals surface area contributed by atoms with Crippen LogP contribution in [0.3, 0.4) is 0 Å². The maximum absolute atomic E-state index is 6.24. The lowest BCUT2D eigenvalue weighted by atomic mass is 9.91. The number of para-hydroxylation sites is 1. The molecule has 0 aliphatic carbocycles. The first-order valence-electron chi connectivity index (χ1n) is 6.94. The fraction of sp³-hybridized carbons (Fsp3) is 0.600. The summed E-state index contributed by atoms with van der Waals surface area (Å²) in [5.74, 6) is 1.11. The minimum atomic E-state index is -0.161. The van der Waals surface area contributed by atoms with Gasteiger partial charge in [0, 0.05) is 31.4 Å². The zero-order chi connectivity index (χ0) is 14.0. The molecule has 2 aliphatic rings. The molecule has 2 atom stereocenters. The molecule has 2 saturated heterocycles. The zero-order valence-corrected chi connectivity index (χ0v) is 12.8. The molecule has 2 heterocycles. The van der Waals surface area contributed by atoms with Gasteiger partial charge in [-0.2, -0.15) is 0 Å². The molecule has 110 valence electrons. The lowest BCUT2D eigenvalue weighted by molar-refractivity contribution is -0.112. The van der Waals surface area contributed by atoms with Gasteiger partial charge in [-0.05, 0) is 6.07 Å². The number of alkyl halides is 1. The summed E-state index contributed by atoms with van der Waals surface area (Å²) in [7, 11) is 0. The predicted molar refractivity (Wildman–Crippen MR) is 78.8 cm³/mol. The normalized spacial score (nSPS) is 29.8. The first-order valence-corrected chi connectivity index (χ1v) is 7.85. The molecule has 3 rings (SSSR count). The topological polar surface area (TPSA) is 27.7 Å². The van der Waals surface area contributed by atoms with Crippen LogP contribution in [0.5, 0.6) is 5.75 Å². The SMILES string of the molecule is ClCc1cccc(Cl)c1OC1CCOC2(CCOC2)C1. The van der Waals surface area contributed by atoms with Crippen molar-refractivity contribution < 1.29 is 14.2 Å². The average Bonchev–Trinajstić information content (AvgIpc) is 2.89. The van der Waals surface area contributed by atoms with Crippen molar-refractivity contribution in [1.82, 2.24) is 0 Å². The van der Waals surface area contributed by atoms with Gasteiger partial charge in [-0.1, -0.05) is 23.7 Å². The first kappa shape index (κ1) is 14.5. The highest BCUT2D eigenvalue weighted by atomic mass is 35.5. The van der Waals surface area contributed by atoms with Crippen molar-refractivity contribution in [3.8, 4) is 5.75 Å². The summed E-state index contributed by atoms with van der Waals surface area (Å²) in [4.78, 5) is 0. The van der Waals surface area contributed by atoms with E-state index in [0.29, 0.717) is 29.9 Å². The fourth-order valence-corrected chi connectivity index (χ4v) is 3.35. The molecule has 0 saturated carbocycles. The van der Waals surface area contributed by atoms with Crippen molar-refractivity contribution in [3.63, 3.8) is 0 Å². The van der Waals surface area contributed by atoms with Crippen molar-refractivity contribution in [2.24, 2.45) is 0 Å². The van der Waals surface area contributed by atoms with E-state index in [1.165, 1.54) is 0 Å². The predicted octanol–water partition coefficient (Wildman–Crippen LogP) is 3.80. The molecule has 1 aromatic carbocycles. The molecule has 1 aromatic rings. The molecule has 20 heavy (non-hydrogen) atoms. The molecular weight excluding hydrogens is 299 g/mol. The molecule has 0 amide bonds. The Labute approximate surface area is 129 Å². The van der Waals surface area contributed by atoms with Gasteiger partial charge < -0.3 is 14.2 Å². The third-order valence-corrected chi connectivity index (χ3v) is 4.58. The van der Waals surface area contributed by atoms with Crippen LogP contribution in [0.2, 0.25) is 5.02 Å². The van der Waals surface area contributed by atoms with E-state index in [4.69, 9.17) is 37.4 Å². The highest BCUT2D eigenvalue weighted by molar-refractivity contribution is 6.32. The summed E-state index contributed by atoms with van der Waals surface area (Å²) in [5, 5.41) is 0.617. The van der Waals surface area contributed by atoms with Crippen LogP contribution in [0, 0.1) is 0 Å². The molecule has 2 fully saturated rings. The number of ether oxygens (including phenoxy) is 3. The maximum atomic E-state index is 6.24. The van der Waals surface area contributed by atoms with Gasteiger partial charge in [-0.25, -0.2) is 0 Å². The average molecular weight is 317 g/mol. The smallest absolute Gasteiger partial charge is 0.142 e.